The highest BCUT2D eigenvalue weighted by Crippen LogP contribution is 2.31. The molecule has 20 heavy (non-hydrogen) atoms. The molecule has 1 aliphatic rings. The molecule has 3 unspecified atom stereocenters. The predicted octanol–water partition coefficient (Wildman–Crippen LogP) is 3.41. The molecule has 0 aliphatic heterocycles. The van der Waals surface area contributed by atoms with Crippen LogP contribution in [-0.2, 0) is 6.54 Å². The summed E-state index contributed by atoms with van der Waals surface area (Å²) in [6, 6.07) is 7.33. The van der Waals surface area contributed by atoms with Gasteiger partial charge in [-0.1, -0.05) is 31.5 Å². The molecule has 1 fully saturated rings. The second-order valence-electron chi connectivity index (χ2n) is 6.30. The van der Waals surface area contributed by atoms with Crippen molar-refractivity contribution in [1.82, 2.24) is 4.90 Å². The fourth-order valence-corrected chi connectivity index (χ4v) is 3.35. The van der Waals surface area contributed by atoms with Gasteiger partial charge in [-0.05, 0) is 44.2 Å². The van der Waals surface area contributed by atoms with Crippen molar-refractivity contribution in [3.63, 3.8) is 0 Å². The SMILES string of the molecule is CCC1CCC(N)C(CN(C)Cc2ccccc2F)C1. The number of hydrogen-bond acceptors (Lipinski definition) is 2. The monoisotopic (exact) mass is 278 g/mol. The second-order valence-corrected chi connectivity index (χ2v) is 6.30. The maximum atomic E-state index is 13.7. The van der Waals surface area contributed by atoms with Crippen molar-refractivity contribution in [1.29, 1.82) is 0 Å². The summed E-state index contributed by atoms with van der Waals surface area (Å²) in [5.74, 6) is 1.26. The van der Waals surface area contributed by atoms with Gasteiger partial charge in [-0.3, -0.25) is 0 Å². The van der Waals surface area contributed by atoms with Gasteiger partial charge in [-0.25, -0.2) is 4.39 Å². The van der Waals surface area contributed by atoms with Crippen molar-refractivity contribution in [2.24, 2.45) is 17.6 Å². The first-order chi connectivity index (χ1) is 9.60. The minimum Gasteiger partial charge on any atom is -0.327 e. The van der Waals surface area contributed by atoms with E-state index in [0.29, 0.717) is 18.5 Å². The van der Waals surface area contributed by atoms with Crippen LogP contribution in [0.1, 0.15) is 38.2 Å². The Morgan fingerprint density at radius 3 is 2.75 bits per heavy atom. The molecule has 1 aliphatic carbocycles. The molecular formula is C17H27FN2. The average Bonchev–Trinajstić information content (AvgIpc) is 2.44. The first kappa shape index (κ1) is 15.5. The second kappa shape index (κ2) is 7.19. The van der Waals surface area contributed by atoms with Gasteiger partial charge in [-0.15, -0.1) is 0 Å². The summed E-state index contributed by atoms with van der Waals surface area (Å²) in [4.78, 5) is 2.21. The molecule has 1 aromatic carbocycles. The first-order valence-corrected chi connectivity index (χ1v) is 7.77. The zero-order valence-electron chi connectivity index (χ0n) is 12.7. The van der Waals surface area contributed by atoms with Gasteiger partial charge in [-0.2, -0.15) is 0 Å². The largest absolute Gasteiger partial charge is 0.327 e. The van der Waals surface area contributed by atoms with Crippen molar-refractivity contribution >= 4 is 0 Å². The Labute approximate surface area is 122 Å². The van der Waals surface area contributed by atoms with Gasteiger partial charge >= 0.3 is 0 Å². The lowest BCUT2D eigenvalue weighted by molar-refractivity contribution is 0.167. The average molecular weight is 278 g/mol. The van der Waals surface area contributed by atoms with E-state index in [4.69, 9.17) is 5.73 Å². The van der Waals surface area contributed by atoms with E-state index in [1.807, 2.05) is 12.1 Å². The fraction of sp³-hybridized carbons (Fsp3) is 0.647. The van der Waals surface area contributed by atoms with Crippen molar-refractivity contribution in [3.8, 4) is 0 Å². The molecule has 1 saturated carbocycles. The van der Waals surface area contributed by atoms with Crippen molar-refractivity contribution in [2.45, 2.75) is 45.2 Å². The Morgan fingerprint density at radius 2 is 2.05 bits per heavy atom. The highest BCUT2D eigenvalue weighted by atomic mass is 19.1. The van der Waals surface area contributed by atoms with E-state index in [0.717, 1.165) is 24.4 Å². The molecule has 112 valence electrons. The van der Waals surface area contributed by atoms with Gasteiger partial charge in [0.25, 0.3) is 0 Å². The van der Waals surface area contributed by atoms with Crippen molar-refractivity contribution in [2.75, 3.05) is 13.6 Å². The van der Waals surface area contributed by atoms with Crippen LogP contribution in [0.15, 0.2) is 24.3 Å². The summed E-state index contributed by atoms with van der Waals surface area (Å²) >= 11 is 0. The summed E-state index contributed by atoms with van der Waals surface area (Å²) in [5.41, 5.74) is 7.04. The third-order valence-corrected chi connectivity index (χ3v) is 4.67. The van der Waals surface area contributed by atoms with Gasteiger partial charge in [0.2, 0.25) is 0 Å². The third-order valence-electron chi connectivity index (χ3n) is 4.67. The topological polar surface area (TPSA) is 29.3 Å². The minimum atomic E-state index is -0.112. The maximum Gasteiger partial charge on any atom is 0.127 e. The van der Waals surface area contributed by atoms with Crippen molar-refractivity contribution in [3.05, 3.63) is 35.6 Å². The molecule has 3 heteroatoms. The quantitative estimate of drug-likeness (QED) is 0.894. The van der Waals surface area contributed by atoms with Crippen LogP contribution in [0.2, 0.25) is 0 Å². The molecule has 0 radical (unpaired) electrons. The molecule has 0 saturated heterocycles. The molecule has 2 nitrogen and oxygen atoms in total. The Balaban J connectivity index is 1.90. The lowest BCUT2D eigenvalue weighted by Gasteiger charge is -2.36. The Morgan fingerprint density at radius 1 is 1.30 bits per heavy atom. The molecule has 3 atom stereocenters. The Bertz CT molecular complexity index is 421. The van der Waals surface area contributed by atoms with Gasteiger partial charge < -0.3 is 10.6 Å². The van der Waals surface area contributed by atoms with Crippen LogP contribution < -0.4 is 5.73 Å². The number of halogens is 1. The first-order valence-electron chi connectivity index (χ1n) is 7.77. The Hall–Kier alpha value is -0.930. The van der Waals surface area contributed by atoms with Crippen LogP contribution >= 0.6 is 0 Å². The van der Waals surface area contributed by atoms with Gasteiger partial charge in [0, 0.05) is 24.7 Å². The molecule has 0 spiro atoms. The fourth-order valence-electron chi connectivity index (χ4n) is 3.35. The van der Waals surface area contributed by atoms with E-state index in [2.05, 4.69) is 18.9 Å². The maximum absolute atomic E-state index is 13.7. The number of nitrogens with zero attached hydrogens (tertiary/aromatic N) is 1. The molecule has 0 heterocycles. The summed E-state index contributed by atoms with van der Waals surface area (Å²) in [7, 11) is 2.06. The summed E-state index contributed by atoms with van der Waals surface area (Å²) in [6.07, 6.45) is 4.88. The predicted molar refractivity (Wildman–Crippen MR) is 81.8 cm³/mol. The number of nitrogens with two attached hydrogens (primary N) is 1. The zero-order valence-corrected chi connectivity index (χ0v) is 12.7. The lowest BCUT2D eigenvalue weighted by Crippen LogP contribution is -2.42. The van der Waals surface area contributed by atoms with Gasteiger partial charge in [0.15, 0.2) is 0 Å². The highest BCUT2D eigenvalue weighted by Gasteiger charge is 2.28. The van der Waals surface area contributed by atoms with Crippen molar-refractivity contribution < 1.29 is 4.39 Å². The molecule has 2 rings (SSSR count). The van der Waals surface area contributed by atoms with Crippen LogP contribution in [0, 0.1) is 17.7 Å². The number of rotatable bonds is 5. The van der Waals surface area contributed by atoms with Crippen LogP contribution in [-0.4, -0.2) is 24.5 Å². The normalized spacial score (nSPS) is 26.9. The van der Waals surface area contributed by atoms with Crippen LogP contribution in [0.3, 0.4) is 0 Å². The van der Waals surface area contributed by atoms with Crippen LogP contribution in [0.5, 0.6) is 0 Å². The molecular weight excluding hydrogens is 251 g/mol. The van der Waals surface area contributed by atoms with Crippen LogP contribution in [0.25, 0.3) is 0 Å². The van der Waals surface area contributed by atoms with E-state index in [1.165, 1.54) is 25.3 Å². The van der Waals surface area contributed by atoms with E-state index in [9.17, 15) is 4.39 Å². The van der Waals surface area contributed by atoms with E-state index in [1.54, 1.807) is 6.07 Å². The summed E-state index contributed by atoms with van der Waals surface area (Å²) in [6.45, 7) is 3.89. The number of benzene rings is 1. The van der Waals surface area contributed by atoms with E-state index in [-0.39, 0.29) is 5.82 Å². The summed E-state index contributed by atoms with van der Waals surface area (Å²) < 4.78 is 13.7. The molecule has 0 bridgehead atoms. The molecule has 0 aromatic heterocycles. The van der Waals surface area contributed by atoms with Gasteiger partial charge in [0.05, 0.1) is 0 Å². The minimum absolute atomic E-state index is 0.112. The highest BCUT2D eigenvalue weighted by molar-refractivity contribution is 5.17. The molecule has 1 aromatic rings. The Kier molecular flexibility index (Phi) is 5.55. The zero-order chi connectivity index (χ0) is 14.5. The lowest BCUT2D eigenvalue weighted by atomic mass is 9.77. The number of hydrogen-bond donors (Lipinski definition) is 1. The van der Waals surface area contributed by atoms with Gasteiger partial charge in [0.1, 0.15) is 5.82 Å². The van der Waals surface area contributed by atoms with E-state index >= 15 is 0 Å². The molecule has 0 amide bonds. The third kappa shape index (κ3) is 4.03. The van der Waals surface area contributed by atoms with Crippen LogP contribution in [0.4, 0.5) is 4.39 Å². The molecule has 2 N–H and O–H groups in total. The smallest absolute Gasteiger partial charge is 0.127 e. The standard InChI is InChI=1S/C17H27FN2/c1-3-13-8-9-17(19)15(10-13)12-20(2)11-14-6-4-5-7-16(14)18/h4-7,13,15,17H,3,8-12,19H2,1-2H3. The van der Waals surface area contributed by atoms with E-state index < -0.39 is 0 Å². The summed E-state index contributed by atoms with van der Waals surface area (Å²) in [5, 5.41) is 0.